The van der Waals surface area contributed by atoms with Crippen molar-refractivity contribution in [3.63, 3.8) is 0 Å². The minimum absolute atomic E-state index is 0.118. The third-order valence-corrected chi connectivity index (χ3v) is 5.67. The number of rotatable bonds is 3. The Labute approximate surface area is 180 Å². The zero-order valence-corrected chi connectivity index (χ0v) is 17.3. The number of nitrogens with zero attached hydrogens (tertiary/aromatic N) is 6. The molecule has 1 aliphatic heterocycles. The maximum Gasteiger partial charge on any atom is 0.225 e. The lowest BCUT2D eigenvalue weighted by Gasteiger charge is -2.21. The first-order valence-electron chi connectivity index (χ1n) is 10.4. The largest absolute Gasteiger partial charge is 0.345 e. The van der Waals surface area contributed by atoms with E-state index in [0.29, 0.717) is 12.5 Å². The number of carbonyl (C=O) groups excluding carboxylic acids is 1. The molecule has 1 saturated heterocycles. The summed E-state index contributed by atoms with van der Waals surface area (Å²) in [7, 11) is 0. The summed E-state index contributed by atoms with van der Waals surface area (Å²) in [5.41, 5.74) is 4.67. The summed E-state index contributed by atoms with van der Waals surface area (Å²) in [6, 6.07) is 7.98. The van der Waals surface area contributed by atoms with E-state index in [9.17, 15) is 4.79 Å². The number of nitrogens with one attached hydrogen (secondary N) is 1. The van der Waals surface area contributed by atoms with Crippen molar-refractivity contribution < 1.29 is 4.79 Å². The van der Waals surface area contributed by atoms with Crippen LogP contribution >= 0.6 is 0 Å². The number of pyridine rings is 2. The van der Waals surface area contributed by atoms with Crippen LogP contribution in [0, 0.1) is 0 Å². The fourth-order valence-electron chi connectivity index (χ4n) is 3.99. The smallest absolute Gasteiger partial charge is 0.225 e. The van der Waals surface area contributed by atoms with E-state index in [4.69, 9.17) is 4.98 Å². The van der Waals surface area contributed by atoms with Gasteiger partial charge in [0.2, 0.25) is 11.9 Å². The first-order valence-corrected chi connectivity index (χ1v) is 10.4. The summed E-state index contributed by atoms with van der Waals surface area (Å²) in [4.78, 5) is 37.2. The van der Waals surface area contributed by atoms with Crippen molar-refractivity contribution in [1.29, 1.82) is 0 Å². The molecule has 1 amide bonds. The van der Waals surface area contributed by atoms with Crippen molar-refractivity contribution in [2.24, 2.45) is 0 Å². The van der Waals surface area contributed by atoms with Crippen LogP contribution in [0.15, 0.2) is 55.2 Å². The van der Waals surface area contributed by atoms with Gasteiger partial charge in [-0.25, -0.2) is 15.0 Å². The molecule has 8 heteroatoms. The van der Waals surface area contributed by atoms with Crippen LogP contribution in [0.25, 0.3) is 33.4 Å². The highest BCUT2D eigenvalue weighted by molar-refractivity contribution is 5.94. The number of hydrogen-bond donors (Lipinski definition) is 1. The van der Waals surface area contributed by atoms with Crippen LogP contribution in [0.1, 0.15) is 13.3 Å². The van der Waals surface area contributed by atoms with Gasteiger partial charge in [0.15, 0.2) is 0 Å². The van der Waals surface area contributed by atoms with Crippen LogP contribution < -0.4 is 4.90 Å². The van der Waals surface area contributed by atoms with E-state index < -0.39 is 0 Å². The van der Waals surface area contributed by atoms with Gasteiger partial charge in [0, 0.05) is 86.2 Å². The predicted octanol–water partition coefficient (Wildman–Crippen LogP) is 3.14. The van der Waals surface area contributed by atoms with E-state index in [1.807, 2.05) is 41.7 Å². The van der Waals surface area contributed by atoms with Gasteiger partial charge in [-0.15, -0.1) is 0 Å². The lowest BCUT2D eigenvalue weighted by Crippen LogP contribution is -2.34. The maximum atomic E-state index is 11.7. The van der Waals surface area contributed by atoms with Gasteiger partial charge in [0.05, 0.1) is 5.69 Å². The van der Waals surface area contributed by atoms with E-state index in [1.54, 1.807) is 19.3 Å². The molecule has 0 atom stereocenters. The van der Waals surface area contributed by atoms with Crippen molar-refractivity contribution in [2.75, 3.05) is 31.1 Å². The van der Waals surface area contributed by atoms with E-state index >= 15 is 0 Å². The number of aromatic nitrogens is 5. The summed E-state index contributed by atoms with van der Waals surface area (Å²) in [6.45, 7) is 4.64. The van der Waals surface area contributed by atoms with Crippen molar-refractivity contribution in [3.05, 3.63) is 55.2 Å². The molecule has 1 N–H and O–H groups in total. The number of amides is 1. The molecule has 156 valence electrons. The molecule has 0 radical (unpaired) electrons. The van der Waals surface area contributed by atoms with Crippen molar-refractivity contribution in [2.45, 2.75) is 13.3 Å². The highest BCUT2D eigenvalue weighted by atomic mass is 16.2. The molecular weight excluding hydrogens is 390 g/mol. The average Bonchev–Trinajstić information content (AvgIpc) is 3.06. The number of anilines is 1. The standard InChI is InChI=1S/C23H23N7O/c1-16(31)29-8-3-9-30(11-10-29)23-25-7-5-21(28-23)20-15-27-22-19(20)12-18(14-26-22)17-4-2-6-24-13-17/h2,4-7,12-15H,3,8-11H2,1H3,(H,26,27). The Balaban J connectivity index is 1.48. The normalized spacial score (nSPS) is 14.6. The molecule has 31 heavy (non-hydrogen) atoms. The lowest BCUT2D eigenvalue weighted by atomic mass is 10.1. The zero-order chi connectivity index (χ0) is 21.2. The van der Waals surface area contributed by atoms with Crippen LogP contribution in [0.4, 0.5) is 5.95 Å². The fraction of sp³-hybridized carbons (Fsp3) is 0.261. The Bertz CT molecular complexity index is 1220. The molecule has 8 nitrogen and oxygen atoms in total. The van der Waals surface area contributed by atoms with Gasteiger partial charge in [-0.1, -0.05) is 6.07 Å². The van der Waals surface area contributed by atoms with E-state index in [1.165, 1.54) is 0 Å². The molecule has 1 fully saturated rings. The third-order valence-electron chi connectivity index (χ3n) is 5.67. The topological polar surface area (TPSA) is 90.9 Å². The van der Waals surface area contributed by atoms with Gasteiger partial charge < -0.3 is 14.8 Å². The minimum Gasteiger partial charge on any atom is -0.345 e. The molecule has 0 aliphatic carbocycles. The number of fused-ring (bicyclic) bond motifs is 1. The number of hydrogen-bond acceptors (Lipinski definition) is 6. The molecule has 5 heterocycles. The monoisotopic (exact) mass is 413 g/mol. The summed E-state index contributed by atoms with van der Waals surface area (Å²) in [6.07, 6.45) is 10.1. The van der Waals surface area contributed by atoms with E-state index in [0.717, 1.165) is 59.5 Å². The molecule has 4 aromatic heterocycles. The van der Waals surface area contributed by atoms with Crippen molar-refractivity contribution in [3.8, 4) is 22.4 Å². The van der Waals surface area contributed by atoms with Gasteiger partial charge in [0.1, 0.15) is 5.65 Å². The Hall–Kier alpha value is -3.81. The fourth-order valence-corrected chi connectivity index (χ4v) is 3.99. The second-order valence-electron chi connectivity index (χ2n) is 7.65. The van der Waals surface area contributed by atoms with Crippen LogP contribution in [0.5, 0.6) is 0 Å². The second kappa shape index (κ2) is 8.14. The summed E-state index contributed by atoms with van der Waals surface area (Å²) in [5.74, 6) is 0.806. The van der Waals surface area contributed by atoms with Gasteiger partial charge in [-0.3, -0.25) is 9.78 Å². The quantitative estimate of drug-likeness (QED) is 0.555. The van der Waals surface area contributed by atoms with Crippen LogP contribution in [0.2, 0.25) is 0 Å². The Morgan fingerprint density at radius 3 is 2.81 bits per heavy atom. The number of H-pyrrole nitrogens is 1. The molecule has 1 aliphatic rings. The first kappa shape index (κ1) is 19.2. The number of aromatic amines is 1. The van der Waals surface area contributed by atoms with E-state index in [-0.39, 0.29) is 5.91 Å². The zero-order valence-electron chi connectivity index (χ0n) is 17.3. The molecule has 0 saturated carbocycles. The maximum absolute atomic E-state index is 11.7. The summed E-state index contributed by atoms with van der Waals surface area (Å²) < 4.78 is 0. The Morgan fingerprint density at radius 1 is 1.03 bits per heavy atom. The highest BCUT2D eigenvalue weighted by Gasteiger charge is 2.19. The van der Waals surface area contributed by atoms with Crippen molar-refractivity contribution >= 4 is 22.9 Å². The lowest BCUT2D eigenvalue weighted by molar-refractivity contribution is -0.128. The second-order valence-corrected chi connectivity index (χ2v) is 7.65. The molecule has 0 unspecified atom stereocenters. The third kappa shape index (κ3) is 3.84. The first-order chi connectivity index (χ1) is 15.2. The number of carbonyl (C=O) groups is 1. The van der Waals surface area contributed by atoms with Crippen LogP contribution in [-0.4, -0.2) is 61.9 Å². The molecule has 4 aromatic rings. The van der Waals surface area contributed by atoms with Gasteiger partial charge in [0.25, 0.3) is 0 Å². The molecule has 5 rings (SSSR count). The Kier molecular flexibility index (Phi) is 5.03. The van der Waals surface area contributed by atoms with Gasteiger partial charge >= 0.3 is 0 Å². The average molecular weight is 413 g/mol. The molecule has 0 aromatic carbocycles. The van der Waals surface area contributed by atoms with Crippen molar-refractivity contribution in [1.82, 2.24) is 29.8 Å². The van der Waals surface area contributed by atoms with Crippen LogP contribution in [0.3, 0.4) is 0 Å². The molecule has 0 spiro atoms. The predicted molar refractivity (Wildman–Crippen MR) is 119 cm³/mol. The summed E-state index contributed by atoms with van der Waals surface area (Å²) >= 11 is 0. The highest BCUT2D eigenvalue weighted by Crippen LogP contribution is 2.30. The van der Waals surface area contributed by atoms with Gasteiger partial charge in [-0.2, -0.15) is 0 Å². The Morgan fingerprint density at radius 2 is 1.97 bits per heavy atom. The minimum atomic E-state index is 0.118. The molecule has 0 bridgehead atoms. The van der Waals surface area contributed by atoms with Gasteiger partial charge in [-0.05, 0) is 24.6 Å². The summed E-state index contributed by atoms with van der Waals surface area (Å²) in [5, 5.41) is 1.00. The SMILES string of the molecule is CC(=O)N1CCCN(c2nccc(-c3c[nH]c4ncc(-c5cccnc5)cc34)n2)CC1. The molecular formula is C23H23N7O. The van der Waals surface area contributed by atoms with Crippen LogP contribution in [-0.2, 0) is 4.79 Å². The van der Waals surface area contributed by atoms with E-state index in [2.05, 4.69) is 30.9 Å².